The van der Waals surface area contributed by atoms with Crippen LogP contribution in [-0.2, 0) is 6.18 Å². The largest absolute Gasteiger partial charge is 0.416 e. The Hall–Kier alpha value is -1.14. The van der Waals surface area contributed by atoms with Gasteiger partial charge in [0, 0.05) is 37.8 Å². The first-order valence-corrected chi connectivity index (χ1v) is 7.25. The van der Waals surface area contributed by atoms with Crippen molar-refractivity contribution in [2.24, 2.45) is 0 Å². The third-order valence-electron chi connectivity index (χ3n) is 3.84. The molecule has 1 aromatic rings. The summed E-state index contributed by atoms with van der Waals surface area (Å²) in [6.07, 6.45) is -2.91. The van der Waals surface area contributed by atoms with Crippen LogP contribution in [0.5, 0.6) is 0 Å². The van der Waals surface area contributed by atoms with E-state index in [0.29, 0.717) is 11.6 Å². The first-order valence-electron chi connectivity index (χ1n) is 7.25. The molecule has 1 atom stereocenters. The van der Waals surface area contributed by atoms with E-state index in [4.69, 9.17) is 0 Å². The molecule has 2 rings (SSSR count). The van der Waals surface area contributed by atoms with Gasteiger partial charge in [0.2, 0.25) is 0 Å². The van der Waals surface area contributed by atoms with Gasteiger partial charge in [-0.1, -0.05) is 19.4 Å². The maximum absolute atomic E-state index is 14.2. The van der Waals surface area contributed by atoms with Gasteiger partial charge in [-0.25, -0.2) is 4.39 Å². The van der Waals surface area contributed by atoms with Gasteiger partial charge < -0.3 is 5.32 Å². The molecule has 1 aromatic carbocycles. The van der Waals surface area contributed by atoms with Crippen LogP contribution >= 0.6 is 0 Å². The lowest BCUT2D eigenvalue weighted by atomic mass is 9.98. The summed E-state index contributed by atoms with van der Waals surface area (Å²) in [5, 5.41) is 3.22. The summed E-state index contributed by atoms with van der Waals surface area (Å²) in [5.41, 5.74) is -0.564. The van der Waals surface area contributed by atoms with Crippen molar-refractivity contribution in [3.63, 3.8) is 0 Å². The first kappa shape index (κ1) is 16.2. The Morgan fingerprint density at radius 1 is 1.24 bits per heavy atom. The molecule has 1 heterocycles. The van der Waals surface area contributed by atoms with E-state index >= 15 is 0 Å². The fourth-order valence-electron chi connectivity index (χ4n) is 2.78. The van der Waals surface area contributed by atoms with Crippen molar-refractivity contribution in [1.82, 2.24) is 10.2 Å². The Labute approximate surface area is 122 Å². The van der Waals surface area contributed by atoms with E-state index in [2.05, 4.69) is 10.2 Å². The van der Waals surface area contributed by atoms with Gasteiger partial charge >= 0.3 is 6.18 Å². The monoisotopic (exact) mass is 304 g/mol. The Balaban J connectivity index is 2.27. The molecule has 118 valence electrons. The third kappa shape index (κ3) is 3.95. The van der Waals surface area contributed by atoms with Crippen molar-refractivity contribution >= 4 is 0 Å². The predicted octanol–water partition coefficient (Wildman–Crippen LogP) is 3.59. The maximum atomic E-state index is 14.2. The van der Waals surface area contributed by atoms with Crippen LogP contribution in [-0.4, -0.2) is 31.1 Å². The summed E-state index contributed by atoms with van der Waals surface area (Å²) >= 11 is 0. The number of rotatable bonds is 4. The van der Waals surface area contributed by atoms with E-state index < -0.39 is 17.6 Å². The number of benzene rings is 1. The lowest BCUT2D eigenvalue weighted by molar-refractivity contribution is -0.137. The second-order valence-electron chi connectivity index (χ2n) is 5.32. The van der Waals surface area contributed by atoms with Crippen molar-refractivity contribution in [2.45, 2.75) is 32.0 Å². The summed E-state index contributed by atoms with van der Waals surface area (Å²) in [5.74, 6) is -0.762. The molecule has 0 bridgehead atoms. The second-order valence-corrected chi connectivity index (χ2v) is 5.32. The third-order valence-corrected chi connectivity index (χ3v) is 3.84. The average molecular weight is 304 g/mol. The van der Waals surface area contributed by atoms with Crippen LogP contribution < -0.4 is 5.32 Å². The minimum atomic E-state index is -4.51. The molecule has 2 nitrogen and oxygen atoms in total. The van der Waals surface area contributed by atoms with Crippen LogP contribution in [0.3, 0.4) is 0 Å². The number of hydrogen-bond acceptors (Lipinski definition) is 2. The van der Waals surface area contributed by atoms with E-state index in [9.17, 15) is 17.6 Å². The summed E-state index contributed by atoms with van der Waals surface area (Å²) in [7, 11) is 0. The van der Waals surface area contributed by atoms with E-state index in [0.717, 1.165) is 45.1 Å². The smallest absolute Gasteiger partial charge is 0.314 e. The number of nitrogens with zero attached hydrogens (tertiary/aromatic N) is 1. The van der Waals surface area contributed by atoms with Gasteiger partial charge in [0.05, 0.1) is 5.56 Å². The highest BCUT2D eigenvalue weighted by Gasteiger charge is 2.32. The zero-order valence-corrected chi connectivity index (χ0v) is 12.0. The van der Waals surface area contributed by atoms with Crippen molar-refractivity contribution in [3.05, 3.63) is 35.1 Å². The molecule has 0 unspecified atom stereocenters. The average Bonchev–Trinajstić information content (AvgIpc) is 2.45. The summed E-state index contributed by atoms with van der Waals surface area (Å²) in [6, 6.07) is 2.73. The SMILES string of the molecule is CCC[C@@H](c1ccc(C(F)(F)F)cc1F)N1CCNCC1. The van der Waals surface area contributed by atoms with Gasteiger partial charge in [-0.3, -0.25) is 4.90 Å². The Bertz CT molecular complexity index is 467. The second kappa shape index (κ2) is 6.75. The molecule has 0 aliphatic carbocycles. The van der Waals surface area contributed by atoms with Crippen LogP contribution in [0.1, 0.15) is 36.9 Å². The normalized spacial score (nSPS) is 18.7. The molecule has 1 N–H and O–H groups in total. The van der Waals surface area contributed by atoms with Gasteiger partial charge in [-0.15, -0.1) is 0 Å². The number of nitrogens with one attached hydrogen (secondary N) is 1. The van der Waals surface area contributed by atoms with Crippen molar-refractivity contribution in [2.75, 3.05) is 26.2 Å². The zero-order chi connectivity index (χ0) is 15.5. The van der Waals surface area contributed by atoms with E-state index in [1.54, 1.807) is 0 Å². The van der Waals surface area contributed by atoms with Gasteiger partial charge in [-0.2, -0.15) is 13.2 Å². The number of halogens is 4. The molecule has 0 aromatic heterocycles. The van der Waals surface area contributed by atoms with E-state index in [-0.39, 0.29) is 6.04 Å². The van der Waals surface area contributed by atoms with E-state index in [1.165, 1.54) is 6.07 Å². The molecular formula is C15H20F4N2. The quantitative estimate of drug-likeness (QED) is 0.855. The molecule has 1 saturated heterocycles. The summed E-state index contributed by atoms with van der Waals surface area (Å²) in [4.78, 5) is 2.14. The molecular weight excluding hydrogens is 284 g/mol. The number of alkyl halides is 3. The first-order chi connectivity index (χ1) is 9.93. The number of hydrogen-bond donors (Lipinski definition) is 1. The van der Waals surface area contributed by atoms with Crippen LogP contribution in [0.15, 0.2) is 18.2 Å². The van der Waals surface area contributed by atoms with Gasteiger partial charge in [0.1, 0.15) is 5.82 Å². The predicted molar refractivity (Wildman–Crippen MR) is 73.5 cm³/mol. The lowest BCUT2D eigenvalue weighted by Crippen LogP contribution is -2.45. The summed E-state index contributed by atoms with van der Waals surface area (Å²) < 4.78 is 52.0. The number of piperazine rings is 1. The van der Waals surface area contributed by atoms with Crippen LogP contribution in [0.2, 0.25) is 0 Å². The molecule has 1 aliphatic heterocycles. The summed E-state index contributed by atoms with van der Waals surface area (Å²) in [6.45, 7) is 5.21. The van der Waals surface area contributed by atoms with Crippen molar-refractivity contribution in [3.8, 4) is 0 Å². The van der Waals surface area contributed by atoms with Gasteiger partial charge in [-0.05, 0) is 18.6 Å². The molecule has 6 heteroatoms. The van der Waals surface area contributed by atoms with Crippen LogP contribution in [0.4, 0.5) is 17.6 Å². The van der Waals surface area contributed by atoms with Gasteiger partial charge in [0.15, 0.2) is 0 Å². The highest BCUT2D eigenvalue weighted by atomic mass is 19.4. The van der Waals surface area contributed by atoms with Crippen LogP contribution in [0.25, 0.3) is 0 Å². The minimum absolute atomic E-state index is 0.153. The van der Waals surface area contributed by atoms with Crippen LogP contribution in [0, 0.1) is 5.82 Å². The Morgan fingerprint density at radius 2 is 1.90 bits per heavy atom. The zero-order valence-electron chi connectivity index (χ0n) is 12.0. The Kier molecular flexibility index (Phi) is 5.22. The molecule has 1 fully saturated rings. The van der Waals surface area contributed by atoms with Gasteiger partial charge in [0.25, 0.3) is 0 Å². The molecule has 0 amide bonds. The topological polar surface area (TPSA) is 15.3 Å². The molecule has 1 aliphatic rings. The highest BCUT2D eigenvalue weighted by molar-refractivity contribution is 5.28. The molecule has 21 heavy (non-hydrogen) atoms. The fourth-order valence-corrected chi connectivity index (χ4v) is 2.78. The van der Waals surface area contributed by atoms with Crippen molar-refractivity contribution < 1.29 is 17.6 Å². The lowest BCUT2D eigenvalue weighted by Gasteiger charge is -2.35. The maximum Gasteiger partial charge on any atom is 0.416 e. The van der Waals surface area contributed by atoms with E-state index in [1.807, 2.05) is 6.92 Å². The Morgan fingerprint density at radius 3 is 2.43 bits per heavy atom. The molecule has 0 saturated carbocycles. The molecule has 0 radical (unpaired) electrons. The standard InChI is InChI=1S/C15H20F4N2/c1-2-3-14(21-8-6-20-7-9-21)12-5-4-11(10-13(12)16)15(17,18)19/h4-5,10,14,20H,2-3,6-9H2,1H3/t14-/m0/s1. The fraction of sp³-hybridized carbons (Fsp3) is 0.600. The highest BCUT2D eigenvalue weighted by Crippen LogP contribution is 2.34. The minimum Gasteiger partial charge on any atom is -0.314 e. The molecule has 0 spiro atoms. The van der Waals surface area contributed by atoms with Crippen molar-refractivity contribution in [1.29, 1.82) is 0 Å².